The maximum atomic E-state index is 12.9. The number of quaternary nitrogens is 1. The van der Waals surface area contributed by atoms with Gasteiger partial charge >= 0.3 is 0 Å². The number of nitrogens with zero attached hydrogens (tertiary/aromatic N) is 1. The molecule has 1 amide bonds. The summed E-state index contributed by atoms with van der Waals surface area (Å²) in [6.07, 6.45) is 2.24. The fraction of sp³-hybridized carbons (Fsp3) is 0.280. The molecule has 4 nitrogen and oxygen atoms in total. The summed E-state index contributed by atoms with van der Waals surface area (Å²) in [7, 11) is 0. The molecular weight excluding hydrogens is 390 g/mol. The van der Waals surface area contributed by atoms with Crippen LogP contribution in [0, 0.1) is 0 Å². The third kappa shape index (κ3) is 3.71. The maximum Gasteiger partial charge on any atom is 0.275 e. The van der Waals surface area contributed by atoms with Crippen molar-refractivity contribution in [2.24, 2.45) is 0 Å². The molecule has 3 atom stereocenters. The van der Waals surface area contributed by atoms with Crippen LogP contribution in [0.25, 0.3) is 21.0 Å². The Hall–Kier alpha value is -2.76. The number of carbonyl (C=O) groups excluding carboxylic acids is 1. The molecule has 4 aromatic rings. The molecule has 0 spiro atoms. The first kappa shape index (κ1) is 19.2. The van der Waals surface area contributed by atoms with Crippen LogP contribution in [0.1, 0.15) is 42.4 Å². The van der Waals surface area contributed by atoms with Gasteiger partial charge in [0.1, 0.15) is 6.04 Å². The second-order valence-corrected chi connectivity index (χ2v) is 9.22. The minimum atomic E-state index is -0.0218. The summed E-state index contributed by atoms with van der Waals surface area (Å²) < 4.78 is 1.23. The highest BCUT2D eigenvalue weighted by molar-refractivity contribution is 7.18. The number of benzene rings is 3. The number of likely N-dealkylation sites (tertiary alicyclic amines) is 1. The SMILES string of the molecule is C[C@@H](NC(=O)C[NH+]1CCC[C@@H]1c1nc2ccccc2s1)c1cccc2ccccc12. The van der Waals surface area contributed by atoms with Crippen LogP contribution in [0.2, 0.25) is 0 Å². The van der Waals surface area contributed by atoms with Crippen molar-refractivity contribution in [3.8, 4) is 0 Å². The average Bonchev–Trinajstić information content (AvgIpc) is 3.39. The second-order valence-electron chi connectivity index (χ2n) is 8.16. The van der Waals surface area contributed by atoms with E-state index in [4.69, 9.17) is 4.98 Å². The van der Waals surface area contributed by atoms with E-state index in [0.29, 0.717) is 12.6 Å². The lowest BCUT2D eigenvalue weighted by Crippen LogP contribution is -3.11. The van der Waals surface area contributed by atoms with Crippen LogP contribution in [-0.4, -0.2) is 24.0 Å². The fourth-order valence-corrected chi connectivity index (χ4v) is 5.83. The summed E-state index contributed by atoms with van der Waals surface area (Å²) in [5.74, 6) is 0.110. The highest BCUT2D eigenvalue weighted by Gasteiger charge is 2.34. The van der Waals surface area contributed by atoms with Crippen molar-refractivity contribution in [1.29, 1.82) is 0 Å². The molecule has 1 fully saturated rings. The standard InChI is InChI=1S/C25H25N3OS/c1-17(19-11-6-9-18-8-2-3-10-20(18)19)26-24(29)16-28-15-7-13-22(28)25-27-21-12-4-5-14-23(21)30-25/h2-6,8-12,14,17,22H,7,13,15-16H2,1H3,(H,26,29)/p+1/t17-,22-/m1/s1. The Morgan fingerprint density at radius 2 is 1.93 bits per heavy atom. The zero-order chi connectivity index (χ0) is 20.5. The van der Waals surface area contributed by atoms with Gasteiger partial charge in [-0.05, 0) is 35.4 Å². The van der Waals surface area contributed by atoms with Crippen LogP contribution in [0.4, 0.5) is 0 Å². The predicted octanol–water partition coefficient (Wildman–Crippen LogP) is 4.05. The highest BCUT2D eigenvalue weighted by atomic mass is 32.1. The van der Waals surface area contributed by atoms with Crippen molar-refractivity contribution < 1.29 is 9.69 Å². The number of amides is 1. The Morgan fingerprint density at radius 3 is 2.83 bits per heavy atom. The number of fused-ring (bicyclic) bond motifs is 2. The van der Waals surface area contributed by atoms with Gasteiger partial charge in [0.05, 0.1) is 22.8 Å². The van der Waals surface area contributed by atoms with Crippen LogP contribution in [0.15, 0.2) is 66.7 Å². The Bertz CT molecular complexity index is 1160. The number of para-hydroxylation sites is 1. The maximum absolute atomic E-state index is 12.9. The van der Waals surface area contributed by atoms with Crippen LogP contribution < -0.4 is 10.2 Å². The molecule has 3 aromatic carbocycles. The van der Waals surface area contributed by atoms with Gasteiger partial charge in [0.25, 0.3) is 5.91 Å². The number of thiazole rings is 1. The van der Waals surface area contributed by atoms with E-state index in [1.54, 1.807) is 11.3 Å². The van der Waals surface area contributed by atoms with Gasteiger partial charge in [-0.2, -0.15) is 0 Å². The largest absolute Gasteiger partial charge is 0.345 e. The summed E-state index contributed by atoms with van der Waals surface area (Å²) in [5, 5.41) is 6.81. The normalized spacial score (nSPS) is 19.9. The van der Waals surface area contributed by atoms with E-state index in [1.165, 1.54) is 30.9 Å². The van der Waals surface area contributed by atoms with Crippen LogP contribution in [0.5, 0.6) is 0 Å². The first-order valence-corrected chi connectivity index (χ1v) is 11.5. The molecular formula is C25H26N3OS+. The monoisotopic (exact) mass is 416 g/mol. The number of carbonyl (C=O) groups is 1. The molecule has 1 aliphatic heterocycles. The summed E-state index contributed by atoms with van der Waals surface area (Å²) >= 11 is 1.77. The molecule has 1 unspecified atom stereocenters. The van der Waals surface area contributed by atoms with Gasteiger partial charge in [0.2, 0.25) is 0 Å². The molecule has 152 valence electrons. The molecule has 0 aliphatic carbocycles. The van der Waals surface area contributed by atoms with E-state index in [-0.39, 0.29) is 11.9 Å². The summed E-state index contributed by atoms with van der Waals surface area (Å²) in [4.78, 5) is 19.1. The van der Waals surface area contributed by atoms with Gasteiger partial charge in [-0.25, -0.2) is 4.98 Å². The van der Waals surface area contributed by atoms with Crippen LogP contribution in [0.3, 0.4) is 0 Å². The number of hydrogen-bond donors (Lipinski definition) is 2. The van der Waals surface area contributed by atoms with E-state index in [0.717, 1.165) is 24.9 Å². The first-order chi connectivity index (χ1) is 14.7. The van der Waals surface area contributed by atoms with Crippen LogP contribution in [-0.2, 0) is 4.79 Å². The Balaban J connectivity index is 1.29. The van der Waals surface area contributed by atoms with Crippen molar-refractivity contribution in [1.82, 2.24) is 10.3 Å². The third-order valence-electron chi connectivity index (χ3n) is 6.15. The lowest BCUT2D eigenvalue weighted by molar-refractivity contribution is -0.910. The van der Waals surface area contributed by atoms with Gasteiger partial charge in [-0.1, -0.05) is 54.6 Å². The number of aromatic nitrogens is 1. The Labute approximate surface area is 180 Å². The topological polar surface area (TPSA) is 46.4 Å². The molecule has 1 aromatic heterocycles. The van der Waals surface area contributed by atoms with Crippen molar-refractivity contribution >= 4 is 38.2 Å². The number of rotatable bonds is 5. The van der Waals surface area contributed by atoms with Crippen LogP contribution >= 0.6 is 11.3 Å². The lowest BCUT2D eigenvalue weighted by Gasteiger charge is -2.21. The predicted molar refractivity (Wildman–Crippen MR) is 123 cm³/mol. The zero-order valence-corrected chi connectivity index (χ0v) is 17.9. The van der Waals surface area contributed by atoms with Crippen molar-refractivity contribution in [3.63, 3.8) is 0 Å². The van der Waals surface area contributed by atoms with Gasteiger partial charge in [0.15, 0.2) is 11.6 Å². The summed E-state index contributed by atoms with van der Waals surface area (Å²) in [6.45, 7) is 3.59. The number of nitrogens with one attached hydrogen (secondary N) is 2. The Morgan fingerprint density at radius 1 is 1.13 bits per heavy atom. The smallest absolute Gasteiger partial charge is 0.275 e. The first-order valence-electron chi connectivity index (χ1n) is 10.7. The van der Waals surface area contributed by atoms with Gasteiger partial charge in [-0.15, -0.1) is 11.3 Å². The van der Waals surface area contributed by atoms with E-state index in [9.17, 15) is 4.79 Å². The Kier molecular flexibility index (Phi) is 5.23. The number of hydrogen-bond acceptors (Lipinski definition) is 3. The van der Waals surface area contributed by atoms with Crippen molar-refractivity contribution in [2.45, 2.75) is 31.8 Å². The molecule has 2 heterocycles. The quantitative estimate of drug-likeness (QED) is 0.516. The minimum absolute atomic E-state index is 0.0218. The molecule has 5 rings (SSSR count). The summed E-state index contributed by atoms with van der Waals surface area (Å²) in [6, 6.07) is 23.2. The van der Waals surface area contributed by atoms with E-state index in [1.807, 2.05) is 12.1 Å². The van der Waals surface area contributed by atoms with Crippen molar-refractivity contribution in [2.75, 3.05) is 13.1 Å². The van der Waals surface area contributed by atoms with E-state index < -0.39 is 0 Å². The molecule has 0 radical (unpaired) electrons. The average molecular weight is 417 g/mol. The molecule has 5 heteroatoms. The van der Waals surface area contributed by atoms with Gasteiger partial charge in [-0.3, -0.25) is 4.79 Å². The van der Waals surface area contributed by atoms with E-state index >= 15 is 0 Å². The molecule has 0 bridgehead atoms. The fourth-order valence-electron chi connectivity index (χ4n) is 4.66. The lowest BCUT2D eigenvalue weighted by atomic mass is 10.00. The summed E-state index contributed by atoms with van der Waals surface area (Å²) in [5.41, 5.74) is 2.23. The zero-order valence-electron chi connectivity index (χ0n) is 17.1. The third-order valence-corrected chi connectivity index (χ3v) is 7.30. The van der Waals surface area contributed by atoms with E-state index in [2.05, 4.69) is 66.8 Å². The molecule has 30 heavy (non-hydrogen) atoms. The molecule has 0 saturated carbocycles. The van der Waals surface area contributed by atoms with Gasteiger partial charge < -0.3 is 10.2 Å². The molecule has 2 N–H and O–H groups in total. The van der Waals surface area contributed by atoms with Gasteiger partial charge in [0, 0.05) is 12.8 Å². The minimum Gasteiger partial charge on any atom is -0.345 e. The second kappa shape index (κ2) is 8.17. The van der Waals surface area contributed by atoms with Crippen molar-refractivity contribution in [3.05, 3.63) is 77.3 Å². The molecule has 1 aliphatic rings. The highest BCUT2D eigenvalue weighted by Crippen LogP contribution is 2.28. The molecule has 1 saturated heterocycles.